The predicted molar refractivity (Wildman–Crippen MR) is 151 cm³/mol. The largest absolute Gasteiger partial charge is 0.493 e. The third-order valence-electron chi connectivity index (χ3n) is 6.57. The minimum absolute atomic E-state index is 0.0724. The van der Waals surface area contributed by atoms with Crippen molar-refractivity contribution in [2.24, 2.45) is 0 Å². The molecule has 0 radical (unpaired) electrons. The van der Waals surface area contributed by atoms with E-state index < -0.39 is 5.97 Å². The van der Waals surface area contributed by atoms with Crippen LogP contribution in [0.1, 0.15) is 108 Å². The summed E-state index contributed by atoms with van der Waals surface area (Å²) in [6.07, 6.45) is 18.4. The Morgan fingerprint density at radius 2 is 1.70 bits per heavy atom. The van der Waals surface area contributed by atoms with Crippen molar-refractivity contribution in [2.75, 3.05) is 20.7 Å². The van der Waals surface area contributed by atoms with Gasteiger partial charge in [-0.05, 0) is 68.6 Å². The fraction of sp³-hybridized carbons (Fsp3) is 0.677. The second kappa shape index (κ2) is 20.7. The van der Waals surface area contributed by atoms with Gasteiger partial charge in [-0.2, -0.15) is 0 Å². The summed E-state index contributed by atoms with van der Waals surface area (Å²) in [7, 11) is 3.55. The summed E-state index contributed by atoms with van der Waals surface area (Å²) in [5.41, 5.74) is 2.08. The molecule has 1 aromatic rings. The van der Waals surface area contributed by atoms with Crippen molar-refractivity contribution in [3.05, 3.63) is 41.5 Å². The fourth-order valence-electron chi connectivity index (χ4n) is 4.22. The zero-order valence-corrected chi connectivity index (χ0v) is 23.6. The number of carboxylic acids is 1. The molecule has 6 heteroatoms. The first-order chi connectivity index (χ1) is 17.8. The number of hydrogen-bond donors (Lipinski definition) is 2. The van der Waals surface area contributed by atoms with Gasteiger partial charge in [-0.3, -0.25) is 9.59 Å². The number of unbranched alkanes of at least 4 members (excludes halogenated alkanes) is 8. The van der Waals surface area contributed by atoms with Gasteiger partial charge < -0.3 is 19.8 Å². The third-order valence-corrected chi connectivity index (χ3v) is 6.57. The number of aliphatic carboxylic acids is 1. The maximum atomic E-state index is 11.7. The van der Waals surface area contributed by atoms with Crippen LogP contribution in [0, 0.1) is 0 Å². The van der Waals surface area contributed by atoms with Gasteiger partial charge in [0.2, 0.25) is 5.91 Å². The molecule has 1 unspecified atom stereocenters. The number of ether oxygens (including phenoxy) is 1. The first-order valence-corrected chi connectivity index (χ1v) is 14.3. The van der Waals surface area contributed by atoms with E-state index in [1.165, 1.54) is 32.1 Å². The van der Waals surface area contributed by atoms with Gasteiger partial charge in [-0.15, -0.1) is 0 Å². The topological polar surface area (TPSA) is 87.1 Å². The van der Waals surface area contributed by atoms with Gasteiger partial charge in [0.25, 0.3) is 0 Å². The number of hydrogen-bond acceptors (Lipinski definition) is 4. The molecule has 0 aliphatic carbocycles. The number of carbonyl (C=O) groups excluding carboxylic acids is 1. The number of nitrogens with zero attached hydrogens (tertiary/aromatic N) is 1. The second-order valence-corrected chi connectivity index (χ2v) is 10.2. The minimum Gasteiger partial charge on any atom is -0.493 e. The number of aliphatic hydroxyl groups excluding tert-OH is 1. The van der Waals surface area contributed by atoms with Crippen LogP contribution in [0.2, 0.25) is 0 Å². The standard InChI is InChI=1S/C31H51NO5/c1-4-5-6-7-8-11-17-28(33)18-12-9-10-15-24-37-29-22-20-26(25-27(29)21-23-31(35)36)16-13-14-19-30(34)32(2)3/h12,18,20,22,25,28,33H,4-11,13-17,19,21,23-24H2,1-3H3,(H,35,36). The summed E-state index contributed by atoms with van der Waals surface area (Å²) in [6.45, 7) is 2.81. The molecule has 0 aliphatic rings. The monoisotopic (exact) mass is 517 g/mol. The molecule has 1 amide bonds. The number of benzene rings is 1. The van der Waals surface area contributed by atoms with Gasteiger partial charge in [-0.1, -0.05) is 69.7 Å². The van der Waals surface area contributed by atoms with Crippen molar-refractivity contribution in [1.82, 2.24) is 4.90 Å². The van der Waals surface area contributed by atoms with Crippen LogP contribution >= 0.6 is 0 Å². The van der Waals surface area contributed by atoms with Gasteiger partial charge in [0, 0.05) is 26.9 Å². The molecule has 1 aromatic carbocycles. The summed E-state index contributed by atoms with van der Waals surface area (Å²) in [5, 5.41) is 19.2. The molecule has 0 saturated heterocycles. The Hall–Kier alpha value is -2.34. The van der Waals surface area contributed by atoms with Crippen molar-refractivity contribution in [3.63, 3.8) is 0 Å². The maximum Gasteiger partial charge on any atom is 0.303 e. The van der Waals surface area contributed by atoms with Crippen LogP contribution in [-0.4, -0.2) is 53.8 Å². The van der Waals surface area contributed by atoms with Gasteiger partial charge in [-0.25, -0.2) is 0 Å². The van der Waals surface area contributed by atoms with E-state index in [2.05, 4.69) is 19.1 Å². The molecular weight excluding hydrogens is 466 g/mol. The molecule has 1 rings (SSSR count). The molecule has 37 heavy (non-hydrogen) atoms. The van der Waals surface area contributed by atoms with E-state index in [-0.39, 0.29) is 18.4 Å². The highest BCUT2D eigenvalue weighted by atomic mass is 16.5. The van der Waals surface area contributed by atoms with Crippen LogP contribution < -0.4 is 4.74 Å². The lowest BCUT2D eigenvalue weighted by Crippen LogP contribution is -2.21. The number of aliphatic hydroxyl groups is 1. The molecule has 0 fully saturated rings. The lowest BCUT2D eigenvalue weighted by atomic mass is 10.0. The van der Waals surface area contributed by atoms with Crippen LogP contribution in [-0.2, 0) is 22.4 Å². The lowest BCUT2D eigenvalue weighted by Gasteiger charge is -2.13. The quantitative estimate of drug-likeness (QED) is 0.132. The molecular formula is C31H51NO5. The number of aryl methyl sites for hydroxylation is 2. The number of carboxylic acid groups (broad SMARTS) is 1. The number of allylic oxidation sites excluding steroid dienone is 1. The first-order valence-electron chi connectivity index (χ1n) is 14.3. The molecule has 210 valence electrons. The Morgan fingerprint density at radius 1 is 0.946 bits per heavy atom. The van der Waals surface area contributed by atoms with Crippen LogP contribution in [0.3, 0.4) is 0 Å². The van der Waals surface area contributed by atoms with Crippen LogP contribution in [0.4, 0.5) is 0 Å². The average molecular weight is 518 g/mol. The van der Waals surface area contributed by atoms with Crippen LogP contribution in [0.5, 0.6) is 5.75 Å². The van der Waals surface area contributed by atoms with E-state index in [1.807, 2.05) is 18.2 Å². The summed E-state index contributed by atoms with van der Waals surface area (Å²) in [5.74, 6) is 0.0902. The Kier molecular flexibility index (Phi) is 18.3. The molecule has 0 aliphatic heterocycles. The average Bonchev–Trinajstić information content (AvgIpc) is 2.87. The number of rotatable bonds is 22. The minimum atomic E-state index is -0.816. The first kappa shape index (κ1) is 32.7. The van der Waals surface area contributed by atoms with Gasteiger partial charge in [0.05, 0.1) is 12.7 Å². The molecule has 6 nitrogen and oxygen atoms in total. The summed E-state index contributed by atoms with van der Waals surface area (Å²) in [6, 6.07) is 6.05. The third kappa shape index (κ3) is 16.9. The van der Waals surface area contributed by atoms with Crippen molar-refractivity contribution in [3.8, 4) is 5.75 Å². The molecule has 0 heterocycles. The Morgan fingerprint density at radius 3 is 2.43 bits per heavy atom. The second-order valence-electron chi connectivity index (χ2n) is 10.2. The highest BCUT2D eigenvalue weighted by Crippen LogP contribution is 2.24. The highest BCUT2D eigenvalue weighted by Gasteiger charge is 2.09. The van der Waals surface area contributed by atoms with Gasteiger partial charge in [0.1, 0.15) is 5.75 Å². The summed E-state index contributed by atoms with van der Waals surface area (Å²) >= 11 is 0. The van der Waals surface area contributed by atoms with Crippen molar-refractivity contribution < 1.29 is 24.5 Å². The maximum absolute atomic E-state index is 11.7. The molecule has 0 bridgehead atoms. The van der Waals surface area contributed by atoms with E-state index >= 15 is 0 Å². The molecule has 0 spiro atoms. The van der Waals surface area contributed by atoms with E-state index in [9.17, 15) is 14.7 Å². The fourth-order valence-corrected chi connectivity index (χ4v) is 4.22. The van der Waals surface area contributed by atoms with Gasteiger partial charge >= 0.3 is 5.97 Å². The predicted octanol–water partition coefficient (Wildman–Crippen LogP) is 6.72. The summed E-state index contributed by atoms with van der Waals surface area (Å²) < 4.78 is 6.01. The van der Waals surface area contributed by atoms with E-state index in [0.717, 1.165) is 68.2 Å². The molecule has 2 N–H and O–H groups in total. The molecule has 1 atom stereocenters. The lowest BCUT2D eigenvalue weighted by molar-refractivity contribution is -0.137. The van der Waals surface area contributed by atoms with E-state index in [1.54, 1.807) is 19.0 Å². The Balaban J connectivity index is 2.36. The SMILES string of the molecule is CCCCCCCCC(O)C=CCCCCOc1ccc(CCCCC(=O)N(C)C)cc1CCC(=O)O. The number of amides is 1. The Bertz CT molecular complexity index is 790. The van der Waals surface area contributed by atoms with Crippen LogP contribution in [0.15, 0.2) is 30.4 Å². The smallest absolute Gasteiger partial charge is 0.303 e. The zero-order valence-electron chi connectivity index (χ0n) is 23.6. The Labute approximate surface area is 225 Å². The van der Waals surface area contributed by atoms with Crippen molar-refractivity contribution in [1.29, 1.82) is 0 Å². The van der Waals surface area contributed by atoms with Crippen LogP contribution in [0.25, 0.3) is 0 Å². The molecule has 0 aromatic heterocycles. The summed E-state index contributed by atoms with van der Waals surface area (Å²) in [4.78, 5) is 24.5. The van der Waals surface area contributed by atoms with E-state index in [4.69, 9.17) is 9.84 Å². The van der Waals surface area contributed by atoms with Gasteiger partial charge in [0.15, 0.2) is 0 Å². The highest BCUT2D eigenvalue weighted by molar-refractivity contribution is 5.75. The molecule has 0 saturated carbocycles. The normalized spacial score (nSPS) is 12.1. The number of carbonyl (C=O) groups is 2. The van der Waals surface area contributed by atoms with E-state index in [0.29, 0.717) is 19.4 Å². The van der Waals surface area contributed by atoms with Crippen molar-refractivity contribution >= 4 is 11.9 Å². The van der Waals surface area contributed by atoms with Crippen molar-refractivity contribution in [2.45, 2.75) is 116 Å². The zero-order chi connectivity index (χ0) is 27.3.